The maximum Gasteiger partial charge on any atom is 0.315 e. The number of hydrogen-bond acceptors (Lipinski definition) is 4. The number of amides is 2. The van der Waals surface area contributed by atoms with Crippen LogP contribution in [-0.4, -0.2) is 20.4 Å². The van der Waals surface area contributed by atoms with Crippen LogP contribution in [0, 0.1) is 13.8 Å². The Kier molecular flexibility index (Phi) is 4.16. The summed E-state index contributed by atoms with van der Waals surface area (Å²) in [6.45, 7) is 4.21. The number of fused-ring (bicyclic) bond motifs is 1. The number of imidazole rings is 1. The Morgan fingerprint density at radius 2 is 2.13 bits per heavy atom. The second kappa shape index (κ2) is 6.25. The van der Waals surface area contributed by atoms with E-state index in [1.54, 1.807) is 0 Å². The Balaban J connectivity index is 1.55. The molecule has 0 bridgehead atoms. The highest BCUT2D eigenvalue weighted by Gasteiger charge is 2.08. The number of nitrogens with one attached hydrogen (secondary N) is 3. The number of hydrogen-bond donors (Lipinski definition) is 3. The van der Waals surface area contributed by atoms with Gasteiger partial charge in [-0.2, -0.15) is 0 Å². The van der Waals surface area contributed by atoms with Crippen molar-refractivity contribution in [1.82, 2.24) is 25.0 Å². The minimum Gasteiger partial charge on any atom is -0.334 e. The number of rotatable bonds is 4. The summed E-state index contributed by atoms with van der Waals surface area (Å²) >= 11 is 1.54. The number of aromatic amines is 1. The van der Waals surface area contributed by atoms with Gasteiger partial charge in [0.2, 0.25) is 0 Å². The van der Waals surface area contributed by atoms with Crippen molar-refractivity contribution in [3.8, 4) is 0 Å². The third-order valence-electron chi connectivity index (χ3n) is 3.49. The van der Waals surface area contributed by atoms with E-state index >= 15 is 0 Å². The lowest BCUT2D eigenvalue weighted by Gasteiger charge is -2.08. The quantitative estimate of drug-likeness (QED) is 0.679. The third-order valence-corrected chi connectivity index (χ3v) is 4.26. The normalized spacial score (nSPS) is 10.9. The van der Waals surface area contributed by atoms with Gasteiger partial charge >= 0.3 is 6.03 Å². The Bertz CT molecular complexity index is 880. The van der Waals surface area contributed by atoms with Crippen LogP contribution >= 0.6 is 11.3 Å². The van der Waals surface area contributed by atoms with E-state index in [0.717, 1.165) is 21.9 Å². The standard InChI is InChI=1S/C15H17N5O2S/c1-9-5-10(2)18-13(21)12(9)7-17-14(22)16-6-11-8-20-3-4-23-15(20)19-11/h3-5,8H,6-7H2,1-2H3,(H,18,21)(H2,16,17,22). The molecule has 0 aliphatic rings. The Morgan fingerprint density at radius 1 is 1.35 bits per heavy atom. The van der Waals surface area contributed by atoms with E-state index in [2.05, 4.69) is 20.6 Å². The fourth-order valence-corrected chi connectivity index (χ4v) is 3.08. The number of aryl methyl sites for hydroxylation is 2. The summed E-state index contributed by atoms with van der Waals surface area (Å²) in [6.07, 6.45) is 3.80. The Hall–Kier alpha value is -2.61. The highest BCUT2D eigenvalue weighted by Crippen LogP contribution is 2.11. The number of H-pyrrole nitrogens is 1. The summed E-state index contributed by atoms with van der Waals surface area (Å²) in [6, 6.07) is 1.55. The van der Waals surface area contributed by atoms with E-state index < -0.39 is 0 Å². The lowest BCUT2D eigenvalue weighted by Crippen LogP contribution is -2.36. The first-order valence-electron chi connectivity index (χ1n) is 7.15. The van der Waals surface area contributed by atoms with E-state index in [1.165, 1.54) is 11.3 Å². The molecule has 8 heteroatoms. The summed E-state index contributed by atoms with van der Waals surface area (Å²) in [5.41, 5.74) is 2.85. The average molecular weight is 331 g/mol. The van der Waals surface area contributed by atoms with Crippen molar-refractivity contribution in [2.45, 2.75) is 26.9 Å². The fourth-order valence-electron chi connectivity index (χ4n) is 2.36. The highest BCUT2D eigenvalue weighted by atomic mass is 32.1. The topological polar surface area (TPSA) is 91.3 Å². The molecule has 3 aromatic heterocycles. The average Bonchev–Trinajstić information content (AvgIpc) is 3.04. The molecule has 0 unspecified atom stereocenters. The van der Waals surface area contributed by atoms with Crippen LogP contribution in [0.5, 0.6) is 0 Å². The van der Waals surface area contributed by atoms with Crippen molar-refractivity contribution < 1.29 is 4.79 Å². The second-order valence-electron chi connectivity index (χ2n) is 5.30. The number of carbonyl (C=O) groups is 1. The summed E-state index contributed by atoms with van der Waals surface area (Å²) in [5, 5.41) is 7.38. The minimum absolute atomic E-state index is 0.169. The van der Waals surface area contributed by atoms with Gasteiger partial charge in [-0.25, -0.2) is 9.78 Å². The SMILES string of the molecule is Cc1cc(C)c(CNC(=O)NCc2cn3ccsc3n2)c(=O)[nH]1. The first kappa shape index (κ1) is 15.3. The van der Waals surface area contributed by atoms with Crippen LogP contribution in [0.2, 0.25) is 0 Å². The molecule has 0 fully saturated rings. The van der Waals surface area contributed by atoms with E-state index in [9.17, 15) is 9.59 Å². The molecule has 3 heterocycles. The van der Waals surface area contributed by atoms with Crippen molar-refractivity contribution in [3.05, 3.63) is 56.7 Å². The monoisotopic (exact) mass is 331 g/mol. The van der Waals surface area contributed by atoms with Gasteiger partial charge in [-0.15, -0.1) is 11.3 Å². The summed E-state index contributed by atoms with van der Waals surface area (Å²) < 4.78 is 1.91. The molecule has 0 saturated carbocycles. The predicted octanol–water partition coefficient (Wildman–Crippen LogP) is 1.70. The number of pyridine rings is 1. The number of nitrogens with zero attached hydrogens (tertiary/aromatic N) is 2. The fraction of sp³-hybridized carbons (Fsp3) is 0.267. The largest absolute Gasteiger partial charge is 0.334 e. The molecule has 3 N–H and O–H groups in total. The van der Waals surface area contributed by atoms with Crippen LogP contribution in [0.25, 0.3) is 4.96 Å². The van der Waals surface area contributed by atoms with Gasteiger partial charge < -0.3 is 15.6 Å². The lowest BCUT2D eigenvalue weighted by molar-refractivity contribution is 0.240. The van der Waals surface area contributed by atoms with Crippen molar-refractivity contribution in [2.75, 3.05) is 0 Å². The summed E-state index contributed by atoms with van der Waals surface area (Å²) in [7, 11) is 0. The smallest absolute Gasteiger partial charge is 0.315 e. The van der Waals surface area contributed by atoms with Gasteiger partial charge in [0, 0.05) is 29.0 Å². The molecule has 0 aromatic carbocycles. The molecule has 120 valence electrons. The van der Waals surface area contributed by atoms with Crippen molar-refractivity contribution in [1.29, 1.82) is 0 Å². The van der Waals surface area contributed by atoms with Crippen LogP contribution in [0.1, 0.15) is 22.5 Å². The van der Waals surface area contributed by atoms with Gasteiger partial charge in [0.05, 0.1) is 18.8 Å². The maximum absolute atomic E-state index is 11.9. The highest BCUT2D eigenvalue weighted by molar-refractivity contribution is 7.15. The van der Waals surface area contributed by atoms with Crippen LogP contribution in [0.15, 0.2) is 28.6 Å². The summed E-state index contributed by atoms with van der Waals surface area (Å²) in [4.78, 5) is 31.8. The van der Waals surface area contributed by atoms with Gasteiger partial charge in [0.15, 0.2) is 4.96 Å². The van der Waals surface area contributed by atoms with Gasteiger partial charge in [0.25, 0.3) is 5.56 Å². The molecule has 23 heavy (non-hydrogen) atoms. The molecule has 7 nitrogen and oxygen atoms in total. The van der Waals surface area contributed by atoms with Gasteiger partial charge in [-0.1, -0.05) is 0 Å². The number of urea groups is 1. The van der Waals surface area contributed by atoms with E-state index in [-0.39, 0.29) is 18.1 Å². The zero-order chi connectivity index (χ0) is 16.4. The maximum atomic E-state index is 11.9. The first-order chi connectivity index (χ1) is 11.0. The molecule has 3 aromatic rings. The molecule has 2 amide bonds. The lowest BCUT2D eigenvalue weighted by atomic mass is 10.1. The molecular weight excluding hydrogens is 314 g/mol. The molecule has 0 aliphatic heterocycles. The van der Waals surface area contributed by atoms with E-state index in [4.69, 9.17) is 0 Å². The molecule has 0 radical (unpaired) electrons. The third kappa shape index (κ3) is 3.42. The molecule has 3 rings (SSSR count). The van der Waals surface area contributed by atoms with Crippen LogP contribution in [0.3, 0.4) is 0 Å². The van der Waals surface area contributed by atoms with Crippen molar-refractivity contribution in [2.24, 2.45) is 0 Å². The van der Waals surface area contributed by atoms with Crippen molar-refractivity contribution in [3.63, 3.8) is 0 Å². The van der Waals surface area contributed by atoms with E-state index in [0.29, 0.717) is 12.1 Å². The van der Waals surface area contributed by atoms with Crippen LogP contribution in [-0.2, 0) is 13.1 Å². The number of carbonyl (C=O) groups excluding carboxylic acids is 1. The van der Waals surface area contributed by atoms with Crippen LogP contribution in [0.4, 0.5) is 4.79 Å². The van der Waals surface area contributed by atoms with Gasteiger partial charge in [0.1, 0.15) is 0 Å². The molecular formula is C15H17N5O2S. The molecule has 0 atom stereocenters. The van der Waals surface area contributed by atoms with Gasteiger partial charge in [-0.3, -0.25) is 9.20 Å². The molecule has 0 spiro atoms. The molecule has 0 aliphatic carbocycles. The number of aromatic nitrogens is 3. The molecule has 0 saturated heterocycles. The number of thiazole rings is 1. The Morgan fingerprint density at radius 3 is 2.87 bits per heavy atom. The minimum atomic E-state index is -0.333. The zero-order valence-electron chi connectivity index (χ0n) is 12.8. The van der Waals surface area contributed by atoms with Gasteiger partial charge in [-0.05, 0) is 25.5 Å². The summed E-state index contributed by atoms with van der Waals surface area (Å²) in [5.74, 6) is 0. The Labute approximate surface area is 136 Å². The van der Waals surface area contributed by atoms with Crippen molar-refractivity contribution >= 4 is 22.3 Å². The second-order valence-corrected chi connectivity index (χ2v) is 6.18. The van der Waals surface area contributed by atoms with E-state index in [1.807, 2.05) is 42.1 Å². The zero-order valence-corrected chi connectivity index (χ0v) is 13.7. The van der Waals surface area contributed by atoms with Crippen LogP contribution < -0.4 is 16.2 Å². The first-order valence-corrected chi connectivity index (χ1v) is 8.03. The predicted molar refractivity (Wildman–Crippen MR) is 88.7 cm³/mol.